The Morgan fingerprint density at radius 2 is 2.31 bits per heavy atom. The van der Waals surface area contributed by atoms with Gasteiger partial charge in [0.15, 0.2) is 0 Å². The van der Waals surface area contributed by atoms with E-state index in [-0.39, 0.29) is 5.54 Å². The number of aromatic nitrogens is 2. The van der Waals surface area contributed by atoms with Gasteiger partial charge in [0.05, 0.1) is 17.8 Å². The van der Waals surface area contributed by atoms with E-state index in [1.54, 1.807) is 6.20 Å². The second-order valence-electron chi connectivity index (χ2n) is 4.34. The van der Waals surface area contributed by atoms with Crippen molar-refractivity contribution in [2.24, 2.45) is 0 Å². The molecule has 1 aromatic carbocycles. The highest BCUT2D eigenvalue weighted by Crippen LogP contribution is 2.35. The van der Waals surface area contributed by atoms with E-state index in [1.807, 2.05) is 18.2 Å². The van der Waals surface area contributed by atoms with Crippen LogP contribution < -0.4 is 5.32 Å². The summed E-state index contributed by atoms with van der Waals surface area (Å²) in [6.07, 6.45) is 4.80. The molecule has 4 heteroatoms. The van der Waals surface area contributed by atoms with E-state index >= 15 is 0 Å². The van der Waals surface area contributed by atoms with Crippen LogP contribution >= 0.6 is 0 Å². The predicted molar refractivity (Wildman–Crippen MR) is 61.9 cm³/mol. The molecular weight excluding hydrogens is 200 g/mol. The second kappa shape index (κ2) is 3.24. The Kier molecular flexibility index (Phi) is 1.87. The molecular formula is C12H12N4. The Labute approximate surface area is 93.3 Å². The van der Waals surface area contributed by atoms with Gasteiger partial charge in [-0.2, -0.15) is 10.4 Å². The van der Waals surface area contributed by atoms with Crippen molar-refractivity contribution in [2.75, 3.05) is 5.32 Å². The molecule has 1 heterocycles. The minimum absolute atomic E-state index is 0.340. The number of hydrogen-bond donors (Lipinski definition) is 2. The average Bonchev–Trinajstić information content (AvgIpc) is 2.70. The number of nitriles is 1. The van der Waals surface area contributed by atoms with Crippen molar-refractivity contribution in [3.63, 3.8) is 0 Å². The van der Waals surface area contributed by atoms with Crippen LogP contribution in [0.5, 0.6) is 0 Å². The number of hydrogen-bond acceptors (Lipinski definition) is 3. The van der Waals surface area contributed by atoms with Gasteiger partial charge in [0.1, 0.15) is 5.54 Å². The lowest BCUT2D eigenvalue weighted by molar-refractivity contribution is 0.356. The SMILES string of the molecule is N#CC1(Nc2ccc3cn[nH]c3c2)CCC1. The van der Waals surface area contributed by atoms with Gasteiger partial charge < -0.3 is 5.32 Å². The van der Waals surface area contributed by atoms with Crippen LogP contribution in [0.3, 0.4) is 0 Å². The summed E-state index contributed by atoms with van der Waals surface area (Å²) in [4.78, 5) is 0. The van der Waals surface area contributed by atoms with Crippen molar-refractivity contribution in [1.82, 2.24) is 10.2 Å². The molecule has 2 aromatic rings. The molecule has 16 heavy (non-hydrogen) atoms. The van der Waals surface area contributed by atoms with Crippen LogP contribution in [-0.2, 0) is 0 Å². The monoisotopic (exact) mass is 212 g/mol. The van der Waals surface area contributed by atoms with Crippen LogP contribution in [0.15, 0.2) is 24.4 Å². The molecule has 1 aliphatic carbocycles. The molecule has 1 fully saturated rings. The van der Waals surface area contributed by atoms with E-state index in [2.05, 4.69) is 21.6 Å². The summed E-state index contributed by atoms with van der Waals surface area (Å²) in [6, 6.07) is 8.37. The first-order valence-corrected chi connectivity index (χ1v) is 5.44. The average molecular weight is 212 g/mol. The summed E-state index contributed by atoms with van der Waals surface area (Å²) >= 11 is 0. The Hall–Kier alpha value is -2.02. The third-order valence-electron chi connectivity index (χ3n) is 3.25. The first kappa shape index (κ1) is 9.22. The number of H-pyrrole nitrogens is 1. The lowest BCUT2D eigenvalue weighted by Gasteiger charge is -2.36. The molecule has 0 aliphatic heterocycles. The van der Waals surface area contributed by atoms with Crippen LogP contribution in [0.25, 0.3) is 10.9 Å². The number of benzene rings is 1. The fraction of sp³-hybridized carbons (Fsp3) is 0.333. The largest absolute Gasteiger partial charge is 0.367 e. The molecule has 4 nitrogen and oxygen atoms in total. The standard InChI is InChI=1S/C12H12N4/c13-8-12(4-1-5-12)15-10-3-2-9-7-14-16-11(9)6-10/h2-3,6-7,15H,1,4-5H2,(H,14,16). The maximum atomic E-state index is 9.14. The van der Waals surface area contributed by atoms with Crippen molar-refractivity contribution in [3.05, 3.63) is 24.4 Å². The van der Waals surface area contributed by atoms with E-state index in [0.29, 0.717) is 0 Å². The second-order valence-corrected chi connectivity index (χ2v) is 4.34. The summed E-state index contributed by atoms with van der Waals surface area (Å²) in [5.41, 5.74) is 1.64. The number of rotatable bonds is 2. The maximum absolute atomic E-state index is 9.14. The third-order valence-corrected chi connectivity index (χ3v) is 3.25. The van der Waals surface area contributed by atoms with E-state index in [1.165, 1.54) is 0 Å². The summed E-state index contributed by atoms with van der Waals surface area (Å²) in [5, 5.41) is 20.4. The summed E-state index contributed by atoms with van der Waals surface area (Å²) in [7, 11) is 0. The third kappa shape index (κ3) is 1.33. The van der Waals surface area contributed by atoms with Gasteiger partial charge >= 0.3 is 0 Å². The molecule has 0 atom stereocenters. The molecule has 0 saturated heterocycles. The molecule has 1 aliphatic rings. The zero-order valence-electron chi connectivity index (χ0n) is 8.83. The van der Waals surface area contributed by atoms with Gasteiger partial charge in [0.2, 0.25) is 0 Å². The molecule has 3 rings (SSSR count). The highest BCUT2D eigenvalue weighted by Gasteiger charge is 2.36. The van der Waals surface area contributed by atoms with E-state index in [4.69, 9.17) is 5.26 Å². The topological polar surface area (TPSA) is 64.5 Å². The number of fused-ring (bicyclic) bond motifs is 1. The fourth-order valence-corrected chi connectivity index (χ4v) is 2.09. The highest BCUT2D eigenvalue weighted by atomic mass is 15.1. The predicted octanol–water partition coefficient (Wildman–Crippen LogP) is 2.42. The van der Waals surface area contributed by atoms with Crippen LogP contribution in [0, 0.1) is 11.3 Å². The van der Waals surface area contributed by atoms with E-state index < -0.39 is 0 Å². The van der Waals surface area contributed by atoms with Gasteiger partial charge in [-0.25, -0.2) is 0 Å². The van der Waals surface area contributed by atoms with Crippen molar-refractivity contribution in [1.29, 1.82) is 5.26 Å². The van der Waals surface area contributed by atoms with Crippen molar-refractivity contribution >= 4 is 16.6 Å². The Bertz CT molecular complexity index is 560. The molecule has 1 saturated carbocycles. The minimum Gasteiger partial charge on any atom is -0.367 e. The molecule has 2 N–H and O–H groups in total. The van der Waals surface area contributed by atoms with Gasteiger partial charge in [0.25, 0.3) is 0 Å². The molecule has 0 spiro atoms. The van der Waals surface area contributed by atoms with Crippen LogP contribution in [0.1, 0.15) is 19.3 Å². The van der Waals surface area contributed by atoms with Crippen LogP contribution in [0.4, 0.5) is 5.69 Å². The van der Waals surface area contributed by atoms with E-state index in [9.17, 15) is 0 Å². The summed E-state index contributed by atoms with van der Waals surface area (Å²) in [5.74, 6) is 0. The van der Waals surface area contributed by atoms with Gasteiger partial charge in [-0.3, -0.25) is 5.10 Å². The van der Waals surface area contributed by atoms with Crippen molar-refractivity contribution in [3.8, 4) is 6.07 Å². The maximum Gasteiger partial charge on any atom is 0.125 e. The Morgan fingerprint density at radius 3 is 3.00 bits per heavy atom. The van der Waals surface area contributed by atoms with Gasteiger partial charge in [-0.15, -0.1) is 0 Å². The molecule has 0 radical (unpaired) electrons. The van der Waals surface area contributed by atoms with E-state index in [0.717, 1.165) is 35.9 Å². The zero-order valence-corrected chi connectivity index (χ0v) is 8.83. The first-order chi connectivity index (χ1) is 7.81. The van der Waals surface area contributed by atoms with Gasteiger partial charge in [-0.1, -0.05) is 0 Å². The molecule has 80 valence electrons. The highest BCUT2D eigenvalue weighted by molar-refractivity contribution is 5.81. The normalized spacial score (nSPS) is 17.7. The van der Waals surface area contributed by atoms with Crippen LogP contribution in [0.2, 0.25) is 0 Å². The smallest absolute Gasteiger partial charge is 0.125 e. The fourth-order valence-electron chi connectivity index (χ4n) is 2.09. The molecule has 0 amide bonds. The number of anilines is 1. The van der Waals surface area contributed by atoms with Crippen LogP contribution in [-0.4, -0.2) is 15.7 Å². The van der Waals surface area contributed by atoms with Gasteiger partial charge in [0, 0.05) is 11.1 Å². The molecule has 0 bridgehead atoms. The summed E-state index contributed by atoms with van der Waals surface area (Å²) < 4.78 is 0. The number of aromatic amines is 1. The Morgan fingerprint density at radius 1 is 1.44 bits per heavy atom. The minimum atomic E-state index is -0.340. The Balaban J connectivity index is 1.92. The number of nitrogens with one attached hydrogen (secondary N) is 2. The zero-order chi connectivity index (χ0) is 11.0. The lowest BCUT2D eigenvalue weighted by Crippen LogP contribution is -2.43. The van der Waals surface area contributed by atoms with Gasteiger partial charge in [-0.05, 0) is 37.5 Å². The first-order valence-electron chi connectivity index (χ1n) is 5.44. The van der Waals surface area contributed by atoms with Crippen molar-refractivity contribution in [2.45, 2.75) is 24.8 Å². The number of nitrogens with zero attached hydrogens (tertiary/aromatic N) is 2. The molecule has 1 aromatic heterocycles. The quantitative estimate of drug-likeness (QED) is 0.803. The van der Waals surface area contributed by atoms with Crippen molar-refractivity contribution < 1.29 is 0 Å². The molecule has 0 unspecified atom stereocenters. The lowest BCUT2D eigenvalue weighted by atomic mass is 9.78. The summed E-state index contributed by atoms with van der Waals surface area (Å²) in [6.45, 7) is 0.